The molecule has 0 spiro atoms. The van der Waals surface area contributed by atoms with Crippen LogP contribution < -0.4 is 5.32 Å². The van der Waals surface area contributed by atoms with Gasteiger partial charge in [0.15, 0.2) is 5.16 Å². The molecular weight excluding hydrogens is 266 g/mol. The molecule has 1 aromatic carbocycles. The highest BCUT2D eigenvalue weighted by molar-refractivity contribution is 7.99. The highest BCUT2D eigenvalue weighted by Crippen LogP contribution is 2.33. The third kappa shape index (κ3) is 3.18. The van der Waals surface area contributed by atoms with E-state index in [0.29, 0.717) is 11.3 Å². The highest BCUT2D eigenvalue weighted by Gasteiger charge is 2.23. The topological polar surface area (TPSA) is 40.7 Å². The predicted molar refractivity (Wildman–Crippen MR) is 86.4 cm³/mol. The molecular formula is C16H23N3S. The maximum absolute atomic E-state index is 4.71. The lowest BCUT2D eigenvalue weighted by molar-refractivity contribution is 0.387. The van der Waals surface area contributed by atoms with Crippen LogP contribution >= 0.6 is 11.8 Å². The van der Waals surface area contributed by atoms with Crippen LogP contribution in [0.5, 0.6) is 0 Å². The van der Waals surface area contributed by atoms with Crippen molar-refractivity contribution in [1.82, 2.24) is 15.3 Å². The molecule has 0 aliphatic heterocycles. The fraction of sp³-hybridized carbons (Fsp3) is 0.562. The summed E-state index contributed by atoms with van der Waals surface area (Å²) < 4.78 is 0. The number of hydrogen-bond donors (Lipinski definition) is 2. The number of H-pyrrole nitrogens is 1. The van der Waals surface area contributed by atoms with Crippen molar-refractivity contribution in [3.63, 3.8) is 0 Å². The highest BCUT2D eigenvalue weighted by atomic mass is 32.2. The lowest BCUT2D eigenvalue weighted by Gasteiger charge is -2.28. The number of imidazole rings is 1. The van der Waals surface area contributed by atoms with E-state index in [1.165, 1.54) is 31.2 Å². The van der Waals surface area contributed by atoms with Gasteiger partial charge in [-0.3, -0.25) is 0 Å². The number of hydrogen-bond acceptors (Lipinski definition) is 3. The van der Waals surface area contributed by atoms with Crippen LogP contribution in [-0.2, 0) is 0 Å². The van der Waals surface area contributed by atoms with Crippen LogP contribution in [-0.4, -0.2) is 27.8 Å². The molecule has 1 saturated carbocycles. The molecule has 2 atom stereocenters. The summed E-state index contributed by atoms with van der Waals surface area (Å²) in [6.07, 6.45) is 5.22. The third-order valence-corrected chi connectivity index (χ3v) is 5.19. The molecule has 3 nitrogen and oxygen atoms in total. The molecule has 1 aliphatic carbocycles. The van der Waals surface area contributed by atoms with Gasteiger partial charge in [0.2, 0.25) is 0 Å². The lowest BCUT2D eigenvalue weighted by Crippen LogP contribution is -2.34. The van der Waals surface area contributed by atoms with E-state index < -0.39 is 0 Å². The number of rotatable bonds is 4. The zero-order valence-electron chi connectivity index (χ0n) is 12.3. The van der Waals surface area contributed by atoms with E-state index in [1.807, 2.05) is 11.8 Å². The Bertz CT molecular complexity index is 576. The Morgan fingerprint density at radius 1 is 1.40 bits per heavy atom. The Labute approximate surface area is 124 Å². The van der Waals surface area contributed by atoms with Crippen molar-refractivity contribution in [3.8, 4) is 0 Å². The number of thioether (sulfide) groups is 1. The standard InChI is InChI=1S/C16H23N3S/c1-3-17-12-5-4-6-13(10-12)20-16-18-14-8-7-11(2)9-15(14)19-16/h7-9,12-13,17H,3-6,10H2,1-2H3,(H,18,19). The number of benzene rings is 1. The van der Waals surface area contributed by atoms with Crippen molar-refractivity contribution in [1.29, 1.82) is 0 Å². The van der Waals surface area contributed by atoms with Gasteiger partial charge in [0.05, 0.1) is 11.0 Å². The van der Waals surface area contributed by atoms with Crippen molar-refractivity contribution in [2.24, 2.45) is 0 Å². The van der Waals surface area contributed by atoms with Crippen LogP contribution in [0.2, 0.25) is 0 Å². The van der Waals surface area contributed by atoms with Gasteiger partial charge in [-0.15, -0.1) is 0 Å². The van der Waals surface area contributed by atoms with Crippen molar-refractivity contribution in [2.45, 2.75) is 56.0 Å². The molecule has 0 saturated heterocycles. The van der Waals surface area contributed by atoms with Crippen molar-refractivity contribution in [3.05, 3.63) is 23.8 Å². The summed E-state index contributed by atoms with van der Waals surface area (Å²) >= 11 is 1.92. The summed E-state index contributed by atoms with van der Waals surface area (Å²) in [7, 11) is 0. The summed E-state index contributed by atoms with van der Waals surface area (Å²) in [5.74, 6) is 0. The van der Waals surface area contributed by atoms with Gasteiger partial charge in [-0.25, -0.2) is 4.98 Å². The molecule has 2 aromatic rings. The molecule has 4 heteroatoms. The molecule has 1 aliphatic rings. The minimum absolute atomic E-state index is 0.689. The smallest absolute Gasteiger partial charge is 0.166 e. The number of aromatic amines is 1. The average Bonchev–Trinajstić information content (AvgIpc) is 2.81. The quantitative estimate of drug-likeness (QED) is 0.897. The molecule has 3 rings (SSSR count). The van der Waals surface area contributed by atoms with Gasteiger partial charge in [-0.2, -0.15) is 0 Å². The van der Waals surface area contributed by atoms with Gasteiger partial charge in [-0.1, -0.05) is 31.2 Å². The molecule has 0 amide bonds. The number of nitrogens with one attached hydrogen (secondary N) is 2. The van der Waals surface area contributed by atoms with Gasteiger partial charge < -0.3 is 10.3 Å². The van der Waals surface area contributed by atoms with E-state index in [0.717, 1.165) is 22.7 Å². The maximum atomic E-state index is 4.71. The Hall–Kier alpha value is -1.00. The van der Waals surface area contributed by atoms with Crippen molar-refractivity contribution in [2.75, 3.05) is 6.54 Å². The summed E-state index contributed by atoms with van der Waals surface area (Å²) in [5, 5.41) is 5.36. The van der Waals surface area contributed by atoms with Crippen LogP contribution in [0.3, 0.4) is 0 Å². The second kappa shape index (κ2) is 6.19. The maximum Gasteiger partial charge on any atom is 0.166 e. The number of aromatic nitrogens is 2. The largest absolute Gasteiger partial charge is 0.333 e. The minimum Gasteiger partial charge on any atom is -0.333 e. The van der Waals surface area contributed by atoms with E-state index in [2.05, 4.69) is 42.3 Å². The van der Waals surface area contributed by atoms with Crippen LogP contribution in [0.25, 0.3) is 11.0 Å². The summed E-state index contributed by atoms with van der Waals surface area (Å²) in [6, 6.07) is 7.10. The van der Waals surface area contributed by atoms with Crippen molar-refractivity contribution >= 4 is 22.8 Å². The number of fused-ring (bicyclic) bond motifs is 1. The first-order valence-corrected chi connectivity index (χ1v) is 8.49. The van der Waals surface area contributed by atoms with E-state index >= 15 is 0 Å². The first kappa shape index (κ1) is 14.0. The fourth-order valence-corrected chi connectivity index (χ4v) is 4.29. The monoisotopic (exact) mass is 289 g/mol. The second-order valence-electron chi connectivity index (χ2n) is 5.72. The molecule has 2 N–H and O–H groups in total. The summed E-state index contributed by atoms with van der Waals surface area (Å²) in [5.41, 5.74) is 3.52. The van der Waals surface area contributed by atoms with Gasteiger partial charge in [0.25, 0.3) is 0 Å². The number of aryl methyl sites for hydroxylation is 1. The zero-order valence-corrected chi connectivity index (χ0v) is 13.1. The summed E-state index contributed by atoms with van der Waals surface area (Å²) in [6.45, 7) is 5.39. The molecule has 0 bridgehead atoms. The van der Waals surface area contributed by atoms with E-state index in [4.69, 9.17) is 4.98 Å². The molecule has 20 heavy (non-hydrogen) atoms. The van der Waals surface area contributed by atoms with Gasteiger partial charge in [0, 0.05) is 11.3 Å². The summed E-state index contributed by atoms with van der Waals surface area (Å²) in [4.78, 5) is 8.17. The molecule has 1 fully saturated rings. The SMILES string of the molecule is CCNC1CCCC(Sc2nc3ccc(C)cc3[nH]2)C1. The molecule has 1 aromatic heterocycles. The zero-order chi connectivity index (χ0) is 13.9. The Kier molecular flexibility index (Phi) is 4.32. The Balaban J connectivity index is 1.69. The minimum atomic E-state index is 0.689. The Morgan fingerprint density at radius 3 is 3.15 bits per heavy atom. The molecule has 108 valence electrons. The van der Waals surface area contributed by atoms with Gasteiger partial charge >= 0.3 is 0 Å². The van der Waals surface area contributed by atoms with E-state index in [9.17, 15) is 0 Å². The van der Waals surface area contributed by atoms with Crippen LogP contribution in [0.1, 0.15) is 38.2 Å². The van der Waals surface area contributed by atoms with E-state index in [-0.39, 0.29) is 0 Å². The van der Waals surface area contributed by atoms with E-state index in [1.54, 1.807) is 0 Å². The van der Waals surface area contributed by atoms with Crippen LogP contribution in [0.4, 0.5) is 0 Å². The average molecular weight is 289 g/mol. The van der Waals surface area contributed by atoms with Crippen molar-refractivity contribution < 1.29 is 0 Å². The second-order valence-corrected chi connectivity index (χ2v) is 7.01. The third-order valence-electron chi connectivity index (χ3n) is 4.01. The fourth-order valence-electron chi connectivity index (χ4n) is 3.04. The predicted octanol–water partition coefficient (Wildman–Crippen LogP) is 3.88. The van der Waals surface area contributed by atoms with Crippen LogP contribution in [0, 0.1) is 6.92 Å². The molecule has 1 heterocycles. The van der Waals surface area contributed by atoms with Crippen LogP contribution in [0.15, 0.2) is 23.4 Å². The number of nitrogens with zero attached hydrogens (tertiary/aromatic N) is 1. The van der Waals surface area contributed by atoms with Gasteiger partial charge in [0.1, 0.15) is 0 Å². The van der Waals surface area contributed by atoms with Gasteiger partial charge in [-0.05, 0) is 50.4 Å². The Morgan fingerprint density at radius 2 is 2.30 bits per heavy atom. The normalized spacial score (nSPS) is 23.3. The lowest BCUT2D eigenvalue weighted by atomic mass is 9.95. The molecule has 2 unspecified atom stereocenters. The first-order chi connectivity index (χ1) is 9.74. The molecule has 0 radical (unpaired) electrons. The first-order valence-electron chi connectivity index (χ1n) is 7.61.